The minimum Gasteiger partial charge on any atom is -0.479 e. The molecule has 1 amide bonds. The van der Waals surface area contributed by atoms with E-state index >= 15 is 0 Å². The number of hydrogen-bond acceptors (Lipinski definition) is 12. The first-order valence-corrected chi connectivity index (χ1v) is 14.4. The molecule has 3 aromatic rings. The van der Waals surface area contributed by atoms with Crippen LogP contribution in [0.3, 0.4) is 0 Å². The number of pyridine rings is 2. The summed E-state index contributed by atoms with van der Waals surface area (Å²) >= 11 is 6.35. The number of carbonyl (C=O) groups is 1. The lowest BCUT2D eigenvalue weighted by atomic mass is 10.3. The summed E-state index contributed by atoms with van der Waals surface area (Å²) in [6.45, 7) is 8.05. The standard InChI is InChI=1S/C26H34ClN9O4S/c1-8-21(37)30-19-14-20(24(40-7)34-23(19)36(6)13-12-35(4)5)32-26-29-15-17(27)22(33-26)31-18-10-9-11-28-25(18)41(38,39)16(2)3/h8-11,14-16H,1,12-13H2,2-7H3,(H,30,37)(H2,29,31,32,33). The van der Waals surface area contributed by atoms with Crippen molar-refractivity contribution < 1.29 is 17.9 Å². The molecule has 13 nitrogen and oxygen atoms in total. The van der Waals surface area contributed by atoms with Crippen molar-refractivity contribution in [2.24, 2.45) is 0 Å². The van der Waals surface area contributed by atoms with Gasteiger partial charge < -0.3 is 30.5 Å². The van der Waals surface area contributed by atoms with Crippen molar-refractivity contribution in [3.8, 4) is 5.88 Å². The second-order valence-electron chi connectivity index (χ2n) is 9.42. The van der Waals surface area contributed by atoms with Crippen LogP contribution in [0.5, 0.6) is 5.88 Å². The number of sulfone groups is 1. The zero-order valence-corrected chi connectivity index (χ0v) is 25.3. The highest BCUT2D eigenvalue weighted by Crippen LogP contribution is 2.35. The third-order valence-corrected chi connectivity index (χ3v) is 8.14. The van der Waals surface area contributed by atoms with E-state index in [9.17, 15) is 13.2 Å². The summed E-state index contributed by atoms with van der Waals surface area (Å²) in [5.41, 5.74) is 0.978. The molecule has 3 heterocycles. The molecule has 3 aromatic heterocycles. The molecule has 3 rings (SSSR count). The Morgan fingerprint density at radius 2 is 1.85 bits per heavy atom. The molecule has 0 aliphatic carbocycles. The van der Waals surface area contributed by atoms with Crippen LogP contribution < -0.4 is 25.6 Å². The van der Waals surface area contributed by atoms with Crippen molar-refractivity contribution in [1.29, 1.82) is 0 Å². The van der Waals surface area contributed by atoms with Crippen LogP contribution in [0.2, 0.25) is 5.02 Å². The maximum Gasteiger partial charge on any atom is 0.247 e. The summed E-state index contributed by atoms with van der Waals surface area (Å²) in [6.07, 6.45) is 3.92. The molecular formula is C26H34ClN9O4S. The molecule has 41 heavy (non-hydrogen) atoms. The number of halogens is 1. The van der Waals surface area contributed by atoms with Gasteiger partial charge >= 0.3 is 0 Å². The number of aromatic nitrogens is 4. The lowest BCUT2D eigenvalue weighted by molar-refractivity contribution is -0.111. The molecule has 0 fully saturated rings. The van der Waals surface area contributed by atoms with Crippen molar-refractivity contribution in [3.63, 3.8) is 0 Å². The molecule has 0 spiro atoms. The summed E-state index contributed by atoms with van der Waals surface area (Å²) in [7, 11) is 3.55. The van der Waals surface area contributed by atoms with Gasteiger partial charge in [0.15, 0.2) is 26.5 Å². The molecule has 0 bridgehead atoms. The summed E-state index contributed by atoms with van der Waals surface area (Å²) < 4.78 is 31.2. The summed E-state index contributed by atoms with van der Waals surface area (Å²) in [5.74, 6) is 0.537. The predicted molar refractivity (Wildman–Crippen MR) is 162 cm³/mol. The third kappa shape index (κ3) is 7.80. The molecule has 3 N–H and O–H groups in total. The van der Waals surface area contributed by atoms with E-state index in [2.05, 4.69) is 42.5 Å². The van der Waals surface area contributed by atoms with Crippen molar-refractivity contribution in [3.05, 3.63) is 48.3 Å². The molecule has 15 heteroatoms. The molecule has 0 unspecified atom stereocenters. The maximum atomic E-state index is 12.8. The van der Waals surface area contributed by atoms with Crippen molar-refractivity contribution in [2.45, 2.75) is 24.1 Å². The number of nitrogens with one attached hydrogen (secondary N) is 3. The van der Waals surface area contributed by atoms with E-state index in [1.165, 1.54) is 19.5 Å². The van der Waals surface area contributed by atoms with E-state index in [4.69, 9.17) is 16.3 Å². The second kappa shape index (κ2) is 13.6. The van der Waals surface area contributed by atoms with Gasteiger partial charge in [-0.3, -0.25) is 4.79 Å². The van der Waals surface area contributed by atoms with Gasteiger partial charge in [0.1, 0.15) is 10.7 Å². The van der Waals surface area contributed by atoms with E-state index in [1.54, 1.807) is 32.0 Å². The fourth-order valence-electron chi connectivity index (χ4n) is 3.45. The van der Waals surface area contributed by atoms with Crippen LogP contribution >= 0.6 is 11.6 Å². The number of rotatable bonds is 13. The van der Waals surface area contributed by atoms with Crippen LogP contribution in [0, 0.1) is 0 Å². The topological polar surface area (TPSA) is 155 Å². The first kappa shape index (κ1) is 31.5. The normalized spacial score (nSPS) is 11.3. The van der Waals surface area contributed by atoms with Crippen LogP contribution in [-0.2, 0) is 14.6 Å². The average Bonchev–Trinajstić information content (AvgIpc) is 2.93. The van der Waals surface area contributed by atoms with Gasteiger partial charge in [0.2, 0.25) is 17.7 Å². The number of nitrogens with zero attached hydrogens (tertiary/aromatic N) is 6. The summed E-state index contributed by atoms with van der Waals surface area (Å²) in [6, 6.07) is 4.82. The largest absolute Gasteiger partial charge is 0.479 e. The van der Waals surface area contributed by atoms with Gasteiger partial charge in [0, 0.05) is 26.3 Å². The average molecular weight is 604 g/mol. The van der Waals surface area contributed by atoms with Gasteiger partial charge in [0.25, 0.3) is 0 Å². The van der Waals surface area contributed by atoms with Gasteiger partial charge in [-0.25, -0.2) is 18.4 Å². The minimum absolute atomic E-state index is 0.101. The Morgan fingerprint density at radius 3 is 2.49 bits per heavy atom. The van der Waals surface area contributed by atoms with Gasteiger partial charge in [-0.1, -0.05) is 18.2 Å². The first-order valence-electron chi connectivity index (χ1n) is 12.5. The second-order valence-corrected chi connectivity index (χ2v) is 12.3. The van der Waals surface area contributed by atoms with Crippen LogP contribution in [0.1, 0.15) is 13.8 Å². The molecule has 220 valence electrons. The monoisotopic (exact) mass is 603 g/mol. The Bertz CT molecular complexity index is 1520. The van der Waals surface area contributed by atoms with E-state index < -0.39 is 21.0 Å². The number of methoxy groups -OCH3 is 1. The van der Waals surface area contributed by atoms with Crippen LogP contribution in [0.25, 0.3) is 0 Å². The minimum atomic E-state index is -3.69. The number of carbonyl (C=O) groups excluding carboxylic acids is 1. The molecule has 0 radical (unpaired) electrons. The number of amides is 1. The highest BCUT2D eigenvalue weighted by atomic mass is 35.5. The van der Waals surface area contributed by atoms with Gasteiger partial charge in [0.05, 0.1) is 29.9 Å². The van der Waals surface area contributed by atoms with Crippen molar-refractivity contribution in [2.75, 3.05) is 62.2 Å². The Hall–Kier alpha value is -4.01. The van der Waals surface area contributed by atoms with E-state index in [0.29, 0.717) is 23.7 Å². The van der Waals surface area contributed by atoms with E-state index in [1.807, 2.05) is 30.9 Å². The lowest BCUT2D eigenvalue weighted by Gasteiger charge is -2.24. The molecule has 0 atom stereocenters. The third-order valence-electron chi connectivity index (χ3n) is 5.75. The smallest absolute Gasteiger partial charge is 0.247 e. The summed E-state index contributed by atoms with van der Waals surface area (Å²) in [5, 5.41) is 8.12. The van der Waals surface area contributed by atoms with Crippen molar-refractivity contribution >= 4 is 62.0 Å². The zero-order chi connectivity index (χ0) is 30.3. The fraction of sp³-hybridized carbons (Fsp3) is 0.346. The highest BCUT2D eigenvalue weighted by Gasteiger charge is 2.25. The highest BCUT2D eigenvalue weighted by molar-refractivity contribution is 7.92. The lowest BCUT2D eigenvalue weighted by Crippen LogP contribution is -2.30. The maximum absolute atomic E-state index is 12.8. The number of anilines is 6. The first-order chi connectivity index (χ1) is 19.4. The van der Waals surface area contributed by atoms with Crippen molar-refractivity contribution in [1.82, 2.24) is 24.8 Å². The molecule has 0 saturated heterocycles. The Morgan fingerprint density at radius 1 is 1.12 bits per heavy atom. The number of hydrogen-bond donors (Lipinski definition) is 3. The SMILES string of the molecule is C=CC(=O)Nc1cc(Nc2ncc(Cl)c(Nc3cccnc3S(=O)(=O)C(C)C)n2)c(OC)nc1N(C)CCN(C)C. The van der Waals surface area contributed by atoms with Gasteiger partial charge in [-0.2, -0.15) is 9.97 Å². The molecule has 0 saturated carbocycles. The fourth-order valence-corrected chi connectivity index (χ4v) is 4.67. The van der Waals surface area contributed by atoms with Crippen LogP contribution in [0.15, 0.2) is 48.3 Å². The number of likely N-dealkylation sites (N-methyl/N-ethyl adjacent to an activating group) is 2. The van der Waals surface area contributed by atoms with Crippen LogP contribution in [-0.4, -0.2) is 85.8 Å². The van der Waals surface area contributed by atoms with E-state index in [-0.39, 0.29) is 33.4 Å². The molecular weight excluding hydrogens is 570 g/mol. The van der Waals surface area contributed by atoms with Gasteiger partial charge in [-0.05, 0) is 52.2 Å². The Labute approximate surface area is 244 Å². The predicted octanol–water partition coefficient (Wildman–Crippen LogP) is 3.72. The van der Waals surface area contributed by atoms with Crippen LogP contribution in [0.4, 0.5) is 34.6 Å². The Kier molecular flexibility index (Phi) is 10.4. The van der Waals surface area contributed by atoms with Gasteiger partial charge in [-0.15, -0.1) is 0 Å². The number of ether oxygens (including phenoxy) is 1. The molecule has 0 aliphatic heterocycles. The quantitative estimate of drug-likeness (QED) is 0.244. The molecule has 0 aliphatic rings. The zero-order valence-electron chi connectivity index (χ0n) is 23.8. The Balaban J connectivity index is 2.00. The molecule has 0 aromatic carbocycles. The summed E-state index contributed by atoms with van der Waals surface area (Å²) in [4.78, 5) is 33.5. The van der Waals surface area contributed by atoms with E-state index in [0.717, 1.165) is 12.6 Å².